The van der Waals surface area contributed by atoms with E-state index in [4.69, 9.17) is 13.9 Å². The summed E-state index contributed by atoms with van der Waals surface area (Å²) in [6, 6.07) is 9.38. The second-order valence-corrected chi connectivity index (χ2v) is 10.8. The van der Waals surface area contributed by atoms with E-state index in [1.165, 1.54) is 0 Å². The lowest BCUT2D eigenvalue weighted by molar-refractivity contribution is 0.148. The molecule has 0 saturated carbocycles. The van der Waals surface area contributed by atoms with Crippen LogP contribution in [0.4, 0.5) is 11.6 Å². The lowest BCUT2D eigenvalue weighted by Crippen LogP contribution is -2.20. The zero-order valence-electron chi connectivity index (χ0n) is 19.9. The van der Waals surface area contributed by atoms with E-state index in [9.17, 15) is 8.42 Å². The number of furan rings is 1. The van der Waals surface area contributed by atoms with Gasteiger partial charge in [0.15, 0.2) is 15.6 Å². The van der Waals surface area contributed by atoms with E-state index < -0.39 is 9.84 Å². The summed E-state index contributed by atoms with van der Waals surface area (Å²) < 4.78 is 41.0. The Bertz CT molecular complexity index is 1270. The van der Waals surface area contributed by atoms with Gasteiger partial charge in [0.25, 0.3) is 0 Å². The molecular formula is C25H30N4O5S. The fourth-order valence-corrected chi connectivity index (χ4v) is 4.16. The highest BCUT2D eigenvalue weighted by molar-refractivity contribution is 7.91. The largest absolute Gasteiger partial charge is 0.492 e. The number of likely N-dealkylation sites (N-methyl/N-ethyl adjacent to an activating group) is 1. The average Bonchev–Trinajstić information content (AvgIpc) is 3.31. The van der Waals surface area contributed by atoms with Gasteiger partial charge in [-0.25, -0.2) is 18.4 Å². The number of nitrogens with one attached hydrogen (secondary N) is 1. The van der Waals surface area contributed by atoms with Crippen molar-refractivity contribution in [1.82, 2.24) is 14.9 Å². The molecule has 186 valence electrons. The van der Waals surface area contributed by atoms with Crippen molar-refractivity contribution in [2.24, 2.45) is 0 Å². The van der Waals surface area contributed by atoms with Gasteiger partial charge in [0.2, 0.25) is 5.95 Å². The molecule has 0 fully saturated rings. The van der Waals surface area contributed by atoms with Gasteiger partial charge in [-0.3, -0.25) is 4.90 Å². The van der Waals surface area contributed by atoms with E-state index in [0.717, 1.165) is 16.8 Å². The van der Waals surface area contributed by atoms with Crippen molar-refractivity contribution in [2.75, 3.05) is 43.6 Å². The molecule has 10 heteroatoms. The molecule has 0 unspecified atom stereocenters. The Morgan fingerprint density at radius 2 is 2.09 bits per heavy atom. The van der Waals surface area contributed by atoms with E-state index in [1.54, 1.807) is 25.5 Å². The van der Waals surface area contributed by atoms with Gasteiger partial charge in [-0.15, -0.1) is 0 Å². The van der Waals surface area contributed by atoms with Gasteiger partial charge in [0, 0.05) is 41.9 Å². The molecule has 1 aliphatic rings. The standard InChI is InChI=1S/C25H30N4O5S/c1-3-35(30,31)13-12-33-23-7-6-21-15-20(23)16-29(2)10-4-5-11-32-17-19-14-24(34-18-19)22-8-9-26-25(27-21)28-22/h4-9,14-15,18H,3,10-13,16-17H2,1-2H3,(H,26,27,28). The number of anilines is 2. The van der Waals surface area contributed by atoms with Crippen LogP contribution in [0.25, 0.3) is 11.5 Å². The van der Waals surface area contributed by atoms with Crippen molar-refractivity contribution >= 4 is 21.5 Å². The van der Waals surface area contributed by atoms with Crippen LogP contribution in [-0.2, 0) is 27.7 Å². The van der Waals surface area contributed by atoms with E-state index >= 15 is 0 Å². The molecule has 0 radical (unpaired) electrons. The molecule has 6 bridgehead atoms. The Morgan fingerprint density at radius 3 is 2.94 bits per heavy atom. The summed E-state index contributed by atoms with van der Waals surface area (Å²) in [6.07, 6.45) is 7.39. The van der Waals surface area contributed by atoms with Gasteiger partial charge >= 0.3 is 0 Å². The average molecular weight is 499 g/mol. The highest BCUT2D eigenvalue weighted by Crippen LogP contribution is 2.27. The topological polar surface area (TPSA) is 107 Å². The van der Waals surface area contributed by atoms with Gasteiger partial charge in [-0.1, -0.05) is 19.1 Å². The van der Waals surface area contributed by atoms with Crippen LogP contribution in [0.15, 0.2) is 59.4 Å². The summed E-state index contributed by atoms with van der Waals surface area (Å²) in [4.78, 5) is 11.0. The van der Waals surface area contributed by atoms with E-state index in [1.807, 2.05) is 37.4 Å². The lowest BCUT2D eigenvalue weighted by Gasteiger charge is -2.19. The van der Waals surface area contributed by atoms with Crippen LogP contribution in [0.2, 0.25) is 0 Å². The van der Waals surface area contributed by atoms with Crippen LogP contribution in [-0.4, -0.2) is 61.6 Å². The van der Waals surface area contributed by atoms with Crippen LogP contribution < -0.4 is 10.1 Å². The molecule has 0 aliphatic carbocycles. The Labute approximate surface area is 205 Å². The third-order valence-electron chi connectivity index (χ3n) is 5.48. The molecule has 35 heavy (non-hydrogen) atoms. The quantitative estimate of drug-likeness (QED) is 0.526. The number of rotatable bonds is 5. The first-order chi connectivity index (χ1) is 16.9. The van der Waals surface area contributed by atoms with Gasteiger partial charge in [-0.2, -0.15) is 0 Å². The van der Waals surface area contributed by atoms with Gasteiger partial charge in [0.05, 0.1) is 25.2 Å². The third kappa shape index (κ3) is 7.14. The Balaban J connectivity index is 1.61. The molecule has 1 aromatic carbocycles. The Kier molecular flexibility index (Phi) is 8.17. The van der Waals surface area contributed by atoms with Gasteiger partial charge in [0.1, 0.15) is 18.1 Å². The number of benzene rings is 1. The highest BCUT2D eigenvalue weighted by Gasteiger charge is 2.13. The van der Waals surface area contributed by atoms with Crippen molar-refractivity contribution in [3.63, 3.8) is 0 Å². The maximum atomic E-state index is 11.9. The number of ether oxygens (including phenoxy) is 2. The third-order valence-corrected chi connectivity index (χ3v) is 7.15. The minimum absolute atomic E-state index is 0.0172. The van der Waals surface area contributed by atoms with E-state index in [-0.39, 0.29) is 18.1 Å². The summed E-state index contributed by atoms with van der Waals surface area (Å²) in [5.74, 6) is 1.80. The smallest absolute Gasteiger partial charge is 0.227 e. The monoisotopic (exact) mass is 498 g/mol. The van der Waals surface area contributed by atoms with Crippen molar-refractivity contribution in [2.45, 2.75) is 20.1 Å². The summed E-state index contributed by atoms with van der Waals surface area (Å²) in [5, 5.41) is 3.25. The first-order valence-electron chi connectivity index (χ1n) is 11.5. The van der Waals surface area contributed by atoms with Crippen molar-refractivity contribution in [1.29, 1.82) is 0 Å². The number of hydrogen-bond acceptors (Lipinski definition) is 9. The highest BCUT2D eigenvalue weighted by atomic mass is 32.2. The molecule has 0 spiro atoms. The second kappa shape index (κ2) is 11.5. The van der Waals surface area contributed by atoms with Crippen molar-refractivity contribution in [3.05, 3.63) is 66.1 Å². The van der Waals surface area contributed by atoms with E-state index in [2.05, 4.69) is 26.3 Å². The molecule has 9 nitrogen and oxygen atoms in total. The fraction of sp³-hybridized carbons (Fsp3) is 0.360. The summed E-state index contributed by atoms with van der Waals surface area (Å²) in [6.45, 7) is 3.99. The molecule has 0 saturated heterocycles. The summed E-state index contributed by atoms with van der Waals surface area (Å²) in [5.41, 5.74) is 3.31. The maximum absolute atomic E-state index is 11.9. The Hall–Kier alpha value is -3.21. The second-order valence-electron chi connectivity index (χ2n) is 8.30. The molecular weight excluding hydrogens is 468 g/mol. The predicted molar refractivity (Wildman–Crippen MR) is 134 cm³/mol. The summed E-state index contributed by atoms with van der Waals surface area (Å²) in [7, 11) is -1.10. The van der Waals surface area contributed by atoms with Crippen LogP contribution in [0, 0.1) is 0 Å². The fourth-order valence-electron chi connectivity index (χ4n) is 3.54. The van der Waals surface area contributed by atoms with Crippen LogP contribution in [0.3, 0.4) is 0 Å². The first-order valence-corrected chi connectivity index (χ1v) is 13.3. The maximum Gasteiger partial charge on any atom is 0.227 e. The number of fused-ring (bicyclic) bond motifs is 7. The number of sulfone groups is 1. The predicted octanol–water partition coefficient (Wildman–Crippen LogP) is 3.81. The zero-order valence-corrected chi connectivity index (χ0v) is 20.8. The van der Waals surface area contributed by atoms with Gasteiger partial charge in [-0.05, 0) is 37.4 Å². The molecule has 1 N–H and O–H groups in total. The van der Waals surface area contributed by atoms with Crippen molar-refractivity contribution in [3.8, 4) is 17.2 Å². The summed E-state index contributed by atoms with van der Waals surface area (Å²) >= 11 is 0. The van der Waals surface area contributed by atoms with Crippen molar-refractivity contribution < 1.29 is 22.3 Å². The number of aromatic nitrogens is 2. The van der Waals surface area contributed by atoms with Gasteiger partial charge < -0.3 is 19.2 Å². The zero-order chi connectivity index (χ0) is 24.7. The molecule has 1 aliphatic heterocycles. The lowest BCUT2D eigenvalue weighted by atomic mass is 10.1. The molecule has 2 aromatic heterocycles. The number of nitrogens with zero attached hydrogens (tertiary/aromatic N) is 3. The molecule has 0 amide bonds. The minimum atomic E-state index is -3.10. The minimum Gasteiger partial charge on any atom is -0.492 e. The van der Waals surface area contributed by atoms with Crippen LogP contribution >= 0.6 is 0 Å². The molecule has 3 heterocycles. The Morgan fingerprint density at radius 1 is 1.20 bits per heavy atom. The van der Waals surface area contributed by atoms with Crippen LogP contribution in [0.1, 0.15) is 18.1 Å². The normalized spacial score (nSPS) is 15.1. The molecule has 0 atom stereocenters. The SMILES string of the molecule is CCS(=O)(=O)CCOc1ccc2cc1CN(C)CC=CCOCc1coc(c1)-c1ccnc(n1)N2. The molecule has 4 rings (SSSR count). The number of hydrogen-bond donors (Lipinski definition) is 1. The van der Waals surface area contributed by atoms with E-state index in [0.29, 0.717) is 49.5 Å². The molecule has 3 aromatic rings. The first kappa shape index (κ1) is 24.9. The van der Waals surface area contributed by atoms with Crippen LogP contribution in [0.5, 0.6) is 5.75 Å².